The van der Waals surface area contributed by atoms with Crippen LogP contribution >= 0.6 is 0 Å². The van der Waals surface area contributed by atoms with E-state index >= 15 is 0 Å². The first-order valence-corrected chi connectivity index (χ1v) is 21.0. The second-order valence-corrected chi connectivity index (χ2v) is 14.2. The van der Waals surface area contributed by atoms with Crippen molar-refractivity contribution in [2.75, 3.05) is 13.2 Å². The summed E-state index contributed by atoms with van der Waals surface area (Å²) in [7, 11) is 0. The van der Waals surface area contributed by atoms with Gasteiger partial charge in [0.1, 0.15) is 19.3 Å². The Morgan fingerprint density at radius 3 is 1.42 bits per heavy atom. The molecule has 0 aromatic heterocycles. The molecule has 2 N–H and O–H groups in total. The Balaban J connectivity index is 3.66. The third-order valence-corrected chi connectivity index (χ3v) is 9.11. The zero-order valence-electron chi connectivity index (χ0n) is 33.6. The summed E-state index contributed by atoms with van der Waals surface area (Å²) in [6.07, 6.45) is 48.6. The number of unbranched alkanes of at least 4 members (excludes halogenated alkanes) is 13. The second-order valence-electron chi connectivity index (χ2n) is 14.2. The Morgan fingerprint density at radius 1 is 0.519 bits per heavy atom. The highest BCUT2D eigenvalue weighted by molar-refractivity contribution is 5.69. The predicted octanol–water partition coefficient (Wildman–Crippen LogP) is 12.2. The lowest BCUT2D eigenvalue weighted by molar-refractivity contribution is -0.152. The molecule has 0 bridgehead atoms. The molecule has 0 saturated carbocycles. The van der Waals surface area contributed by atoms with E-state index in [9.17, 15) is 19.8 Å². The molecule has 52 heavy (non-hydrogen) atoms. The van der Waals surface area contributed by atoms with Gasteiger partial charge in [-0.15, -0.1) is 0 Å². The summed E-state index contributed by atoms with van der Waals surface area (Å²) in [4.78, 5) is 24.0. The second kappa shape index (κ2) is 39.5. The highest BCUT2D eigenvalue weighted by atomic mass is 16.6. The number of hydrogen-bond donors (Lipinski definition) is 2. The van der Waals surface area contributed by atoms with Crippen molar-refractivity contribution in [2.45, 2.75) is 187 Å². The summed E-state index contributed by atoms with van der Waals surface area (Å²) in [5.74, 6) is 0.0532. The quantitative estimate of drug-likeness (QED) is 0.0289. The van der Waals surface area contributed by atoms with Crippen LogP contribution in [0.4, 0.5) is 0 Å². The van der Waals surface area contributed by atoms with Crippen molar-refractivity contribution >= 4 is 11.9 Å². The van der Waals surface area contributed by atoms with E-state index in [0.29, 0.717) is 6.42 Å². The molecule has 0 aliphatic rings. The number of esters is 2. The highest BCUT2D eigenvalue weighted by Crippen LogP contribution is 2.16. The summed E-state index contributed by atoms with van der Waals surface area (Å²) in [5.41, 5.74) is 0. The fourth-order valence-electron chi connectivity index (χ4n) is 5.52. The summed E-state index contributed by atoms with van der Waals surface area (Å²) >= 11 is 0. The number of carbonyl (C=O) groups is 2. The van der Waals surface area contributed by atoms with Gasteiger partial charge in [0.05, 0.1) is 6.10 Å². The molecule has 0 saturated heterocycles. The maximum atomic E-state index is 12.0. The highest BCUT2D eigenvalue weighted by Gasteiger charge is 2.13. The molecule has 0 aromatic carbocycles. The first-order valence-electron chi connectivity index (χ1n) is 21.0. The van der Waals surface area contributed by atoms with Crippen molar-refractivity contribution in [3.05, 3.63) is 72.9 Å². The molecule has 0 heterocycles. The number of rotatable bonds is 36. The predicted molar refractivity (Wildman–Crippen MR) is 220 cm³/mol. The first-order chi connectivity index (χ1) is 25.4. The monoisotopic (exact) mass is 727 g/mol. The summed E-state index contributed by atoms with van der Waals surface area (Å²) in [6, 6.07) is 0. The minimum atomic E-state index is -1.06. The van der Waals surface area contributed by atoms with Gasteiger partial charge in [-0.25, -0.2) is 0 Å². The Morgan fingerprint density at radius 2 is 0.942 bits per heavy atom. The minimum absolute atomic E-state index is 0.0303. The molecular weight excluding hydrogens is 648 g/mol. The van der Waals surface area contributed by atoms with Crippen LogP contribution in [-0.4, -0.2) is 47.6 Å². The van der Waals surface area contributed by atoms with Gasteiger partial charge in [0.15, 0.2) is 0 Å². The fourth-order valence-corrected chi connectivity index (χ4v) is 5.52. The van der Waals surface area contributed by atoms with Gasteiger partial charge in [-0.1, -0.05) is 190 Å². The Kier molecular flexibility index (Phi) is 37.5. The number of aliphatic hydroxyl groups excluding tert-OH is 2. The lowest BCUT2D eigenvalue weighted by Gasteiger charge is -2.12. The van der Waals surface area contributed by atoms with E-state index in [1.807, 2.05) is 12.2 Å². The molecule has 0 spiro atoms. The molecule has 0 aromatic rings. The van der Waals surface area contributed by atoms with Gasteiger partial charge in [-0.3, -0.25) is 9.59 Å². The van der Waals surface area contributed by atoms with Crippen LogP contribution in [0.5, 0.6) is 0 Å². The number of carbonyl (C=O) groups excluding carboxylic acids is 2. The first kappa shape index (κ1) is 49.3. The molecular formula is C46H78O6. The van der Waals surface area contributed by atoms with E-state index in [2.05, 4.69) is 69.4 Å². The van der Waals surface area contributed by atoms with Gasteiger partial charge in [0.2, 0.25) is 0 Å². The smallest absolute Gasteiger partial charge is 0.305 e. The average molecular weight is 727 g/mol. The van der Waals surface area contributed by atoms with E-state index < -0.39 is 18.2 Å². The molecule has 3 atom stereocenters. The third kappa shape index (κ3) is 38.5. The number of allylic oxidation sites excluding steroid dienone is 11. The number of ether oxygens (including phenoxy) is 2. The van der Waals surface area contributed by atoms with Crippen LogP contribution in [0.25, 0.3) is 0 Å². The lowest BCUT2D eigenvalue weighted by Crippen LogP contribution is -2.25. The molecule has 6 heteroatoms. The summed E-state index contributed by atoms with van der Waals surface area (Å²) in [5, 5.41) is 20.1. The van der Waals surface area contributed by atoms with Crippen molar-refractivity contribution < 1.29 is 29.3 Å². The average Bonchev–Trinajstić information content (AvgIpc) is 3.14. The number of aliphatic hydroxyl groups is 2. The van der Waals surface area contributed by atoms with Crippen molar-refractivity contribution in [3.8, 4) is 0 Å². The molecule has 0 amide bonds. The van der Waals surface area contributed by atoms with Gasteiger partial charge >= 0.3 is 11.9 Å². The van der Waals surface area contributed by atoms with Crippen LogP contribution < -0.4 is 0 Å². The maximum Gasteiger partial charge on any atom is 0.305 e. The number of hydrogen-bond acceptors (Lipinski definition) is 6. The van der Waals surface area contributed by atoms with Crippen molar-refractivity contribution in [1.29, 1.82) is 0 Å². The normalized spacial score (nSPS) is 14.2. The largest absolute Gasteiger partial charge is 0.463 e. The third-order valence-electron chi connectivity index (χ3n) is 9.11. The fraction of sp³-hybridized carbons (Fsp3) is 0.696. The van der Waals surface area contributed by atoms with Crippen LogP contribution in [0.3, 0.4) is 0 Å². The van der Waals surface area contributed by atoms with Crippen molar-refractivity contribution in [3.63, 3.8) is 0 Å². The molecule has 0 rings (SSSR count). The Hall–Kier alpha value is -2.70. The molecule has 0 radical (unpaired) electrons. The Bertz CT molecular complexity index is 991. The van der Waals surface area contributed by atoms with Gasteiger partial charge in [-0.05, 0) is 50.9 Å². The van der Waals surface area contributed by atoms with Gasteiger partial charge in [0.25, 0.3) is 0 Å². The Labute approximate surface area is 319 Å². The van der Waals surface area contributed by atoms with Crippen LogP contribution in [0.1, 0.15) is 175 Å². The van der Waals surface area contributed by atoms with E-state index in [4.69, 9.17) is 9.47 Å². The van der Waals surface area contributed by atoms with Crippen LogP contribution in [0.15, 0.2) is 72.9 Å². The van der Waals surface area contributed by atoms with E-state index in [1.54, 1.807) is 12.2 Å². The zero-order chi connectivity index (χ0) is 38.2. The molecule has 2 unspecified atom stereocenters. The van der Waals surface area contributed by atoms with E-state index in [0.717, 1.165) is 57.3 Å². The van der Waals surface area contributed by atoms with Crippen LogP contribution in [-0.2, 0) is 19.1 Å². The van der Waals surface area contributed by atoms with Gasteiger partial charge in [0, 0.05) is 12.8 Å². The SMILES string of the molecule is CC/C=C\C/C=C\C/C=C\C/C=C\C/C=C\C=C/C(O)CCC(=O)OC[C@@H](O)COC(=O)CCCCCCCCCCCCCCCCC(C)CC. The molecule has 298 valence electrons. The minimum Gasteiger partial charge on any atom is -0.463 e. The van der Waals surface area contributed by atoms with Crippen LogP contribution in [0, 0.1) is 5.92 Å². The summed E-state index contributed by atoms with van der Waals surface area (Å²) < 4.78 is 10.2. The van der Waals surface area contributed by atoms with Gasteiger partial charge < -0.3 is 19.7 Å². The van der Waals surface area contributed by atoms with Gasteiger partial charge in [-0.2, -0.15) is 0 Å². The van der Waals surface area contributed by atoms with E-state index in [-0.39, 0.29) is 32.0 Å². The van der Waals surface area contributed by atoms with Crippen LogP contribution in [0.2, 0.25) is 0 Å². The summed E-state index contributed by atoms with van der Waals surface area (Å²) in [6.45, 7) is 6.36. The lowest BCUT2D eigenvalue weighted by atomic mass is 9.99. The molecule has 0 fully saturated rings. The van der Waals surface area contributed by atoms with Crippen molar-refractivity contribution in [2.24, 2.45) is 5.92 Å². The maximum absolute atomic E-state index is 12.0. The standard InChI is InChI=1S/C46H78O6/c1-4-6-7-8-9-10-11-12-13-14-18-21-24-27-30-33-36-43(47)38-39-46(50)52-41-44(48)40-51-45(49)37-34-31-28-25-22-19-16-15-17-20-23-26-29-32-35-42(3)5-2/h6-7,9-10,12-13,18,21,27,30,33,36,42-44,47-48H,4-5,8,11,14-17,19-20,22-26,28-29,31-32,34-35,37-41H2,1-3H3/b7-6-,10-9-,13-12-,21-18-,30-27-,36-33-/t42?,43?,44-/m0/s1. The topological polar surface area (TPSA) is 93.1 Å². The van der Waals surface area contributed by atoms with Crippen molar-refractivity contribution in [1.82, 2.24) is 0 Å². The molecule has 6 nitrogen and oxygen atoms in total. The molecule has 0 aliphatic heterocycles. The van der Waals surface area contributed by atoms with E-state index in [1.165, 1.54) is 83.5 Å². The zero-order valence-corrected chi connectivity index (χ0v) is 33.6. The molecule has 0 aliphatic carbocycles.